The number of carbonyl (C=O) groups excluding carboxylic acids is 1. The molecule has 1 aromatic heterocycles. The summed E-state index contributed by atoms with van der Waals surface area (Å²) in [6, 6.07) is 25.2. The topological polar surface area (TPSA) is 90.0 Å². The van der Waals surface area contributed by atoms with E-state index in [4.69, 9.17) is 14.7 Å². The first-order valence-electron chi connectivity index (χ1n) is 10.6. The van der Waals surface area contributed by atoms with Gasteiger partial charge in [-0.15, -0.1) is 5.10 Å². The predicted molar refractivity (Wildman–Crippen MR) is 129 cm³/mol. The third kappa shape index (κ3) is 5.27. The van der Waals surface area contributed by atoms with Gasteiger partial charge < -0.3 is 9.47 Å². The van der Waals surface area contributed by atoms with Crippen LogP contribution in [0.5, 0.6) is 5.75 Å². The Labute approximate surface area is 201 Å². The fourth-order valence-corrected chi connectivity index (χ4v) is 4.23. The SMILES string of the molecule is CCOC(=O)c1nnn(Cc2ccc(OC)cc2)c1Sc1ccc(-c2ccc(C#N)cc2)cc1. The molecule has 7 nitrogen and oxygen atoms in total. The van der Waals surface area contributed by atoms with Crippen LogP contribution in [0.1, 0.15) is 28.5 Å². The van der Waals surface area contributed by atoms with E-state index in [1.165, 1.54) is 11.8 Å². The van der Waals surface area contributed by atoms with Gasteiger partial charge in [0.15, 0.2) is 0 Å². The van der Waals surface area contributed by atoms with E-state index in [0.29, 0.717) is 17.1 Å². The second-order valence-electron chi connectivity index (χ2n) is 7.28. The summed E-state index contributed by atoms with van der Waals surface area (Å²) in [7, 11) is 1.62. The Bertz CT molecular complexity index is 1310. The Morgan fingerprint density at radius 3 is 2.24 bits per heavy atom. The van der Waals surface area contributed by atoms with Gasteiger partial charge in [0.25, 0.3) is 0 Å². The summed E-state index contributed by atoms with van der Waals surface area (Å²) in [6.07, 6.45) is 0. The van der Waals surface area contributed by atoms with E-state index in [1.54, 1.807) is 30.8 Å². The molecule has 0 spiro atoms. The Kier molecular flexibility index (Phi) is 7.25. The van der Waals surface area contributed by atoms with Crippen molar-refractivity contribution in [1.82, 2.24) is 15.0 Å². The van der Waals surface area contributed by atoms with E-state index in [1.807, 2.05) is 60.7 Å². The molecule has 4 rings (SSSR count). The van der Waals surface area contributed by atoms with Gasteiger partial charge in [0.05, 0.1) is 31.9 Å². The molecule has 34 heavy (non-hydrogen) atoms. The number of methoxy groups -OCH3 is 1. The number of ether oxygens (including phenoxy) is 2. The van der Waals surface area contributed by atoms with Crippen molar-refractivity contribution >= 4 is 17.7 Å². The second-order valence-corrected chi connectivity index (χ2v) is 8.35. The molecule has 170 valence electrons. The molecule has 0 N–H and O–H groups in total. The van der Waals surface area contributed by atoms with E-state index in [0.717, 1.165) is 27.3 Å². The largest absolute Gasteiger partial charge is 0.497 e. The Morgan fingerprint density at radius 1 is 1.00 bits per heavy atom. The first kappa shape index (κ1) is 23.1. The van der Waals surface area contributed by atoms with Crippen molar-refractivity contribution in [3.8, 4) is 22.9 Å². The van der Waals surface area contributed by atoms with Gasteiger partial charge in [0, 0.05) is 4.90 Å². The average molecular weight is 471 g/mol. The summed E-state index contributed by atoms with van der Waals surface area (Å²) in [5, 5.41) is 17.9. The lowest BCUT2D eigenvalue weighted by Gasteiger charge is -2.09. The minimum absolute atomic E-state index is 0.191. The first-order valence-corrected chi connectivity index (χ1v) is 11.4. The molecule has 4 aromatic rings. The molecule has 0 fully saturated rings. The van der Waals surface area contributed by atoms with Crippen molar-refractivity contribution in [3.05, 3.63) is 89.6 Å². The van der Waals surface area contributed by atoms with Crippen LogP contribution >= 0.6 is 11.8 Å². The van der Waals surface area contributed by atoms with Crippen LogP contribution in [0, 0.1) is 11.3 Å². The number of rotatable bonds is 8. The highest BCUT2D eigenvalue weighted by atomic mass is 32.2. The van der Waals surface area contributed by atoms with Crippen molar-refractivity contribution in [2.45, 2.75) is 23.4 Å². The number of carbonyl (C=O) groups is 1. The minimum Gasteiger partial charge on any atom is -0.497 e. The van der Waals surface area contributed by atoms with Gasteiger partial charge in [-0.05, 0) is 60.0 Å². The highest BCUT2D eigenvalue weighted by molar-refractivity contribution is 7.99. The fourth-order valence-electron chi connectivity index (χ4n) is 3.30. The maximum absolute atomic E-state index is 12.5. The van der Waals surface area contributed by atoms with E-state index < -0.39 is 5.97 Å². The summed E-state index contributed by atoms with van der Waals surface area (Å²) >= 11 is 1.41. The molecule has 0 aliphatic carbocycles. The lowest BCUT2D eigenvalue weighted by Crippen LogP contribution is -2.08. The van der Waals surface area contributed by atoms with Crippen molar-refractivity contribution < 1.29 is 14.3 Å². The molecular weight excluding hydrogens is 448 g/mol. The van der Waals surface area contributed by atoms with E-state index in [-0.39, 0.29) is 12.3 Å². The van der Waals surface area contributed by atoms with Gasteiger partial charge in [-0.3, -0.25) is 0 Å². The molecule has 0 unspecified atom stereocenters. The van der Waals surface area contributed by atoms with Crippen molar-refractivity contribution in [2.75, 3.05) is 13.7 Å². The summed E-state index contributed by atoms with van der Waals surface area (Å²) in [5.41, 5.74) is 3.87. The molecule has 0 saturated carbocycles. The molecule has 8 heteroatoms. The van der Waals surface area contributed by atoms with E-state index >= 15 is 0 Å². The number of hydrogen-bond acceptors (Lipinski definition) is 7. The molecule has 0 amide bonds. The maximum Gasteiger partial charge on any atom is 0.361 e. The van der Waals surface area contributed by atoms with Crippen LogP contribution in [0.25, 0.3) is 11.1 Å². The monoisotopic (exact) mass is 470 g/mol. The second kappa shape index (κ2) is 10.7. The molecular formula is C26H22N4O3S. The number of hydrogen-bond donors (Lipinski definition) is 0. The van der Waals surface area contributed by atoms with Gasteiger partial charge in [-0.25, -0.2) is 9.48 Å². The van der Waals surface area contributed by atoms with Crippen molar-refractivity contribution in [1.29, 1.82) is 5.26 Å². The standard InChI is InChI=1S/C26H22N4O3S/c1-3-33-26(31)24-25(30(29-28-24)17-19-6-12-22(32-2)13-7-19)34-23-14-10-21(11-15-23)20-8-4-18(16-27)5-9-20/h4-15H,3,17H2,1-2H3. The molecule has 0 aliphatic heterocycles. The lowest BCUT2D eigenvalue weighted by molar-refractivity contribution is 0.0515. The summed E-state index contributed by atoms with van der Waals surface area (Å²) in [4.78, 5) is 13.4. The minimum atomic E-state index is -0.500. The third-order valence-electron chi connectivity index (χ3n) is 5.07. The number of esters is 1. The molecule has 3 aromatic carbocycles. The number of aromatic nitrogens is 3. The zero-order valence-corrected chi connectivity index (χ0v) is 19.6. The maximum atomic E-state index is 12.5. The quantitative estimate of drug-likeness (QED) is 0.327. The molecule has 0 bridgehead atoms. The predicted octanol–water partition coefficient (Wildman–Crippen LogP) is 5.20. The van der Waals surface area contributed by atoms with Gasteiger partial charge in [-0.1, -0.05) is 53.4 Å². The first-order chi connectivity index (χ1) is 16.6. The van der Waals surface area contributed by atoms with Gasteiger partial charge >= 0.3 is 5.97 Å². The molecule has 0 radical (unpaired) electrons. The highest BCUT2D eigenvalue weighted by Gasteiger charge is 2.22. The van der Waals surface area contributed by atoms with E-state index in [9.17, 15) is 4.79 Å². The zero-order chi connectivity index (χ0) is 23.9. The smallest absolute Gasteiger partial charge is 0.361 e. The van der Waals surface area contributed by atoms with Crippen LogP contribution in [-0.4, -0.2) is 34.7 Å². The van der Waals surface area contributed by atoms with Crippen LogP contribution in [0.15, 0.2) is 82.7 Å². The van der Waals surface area contributed by atoms with Crippen LogP contribution in [0.2, 0.25) is 0 Å². The van der Waals surface area contributed by atoms with Crippen molar-refractivity contribution in [3.63, 3.8) is 0 Å². The Balaban J connectivity index is 1.60. The van der Waals surface area contributed by atoms with Crippen LogP contribution in [-0.2, 0) is 11.3 Å². The Morgan fingerprint density at radius 2 is 1.65 bits per heavy atom. The highest BCUT2D eigenvalue weighted by Crippen LogP contribution is 2.32. The lowest BCUT2D eigenvalue weighted by atomic mass is 10.0. The fraction of sp³-hybridized carbons (Fsp3) is 0.154. The summed E-state index contributed by atoms with van der Waals surface area (Å²) < 4.78 is 12.1. The van der Waals surface area contributed by atoms with Crippen LogP contribution in [0.4, 0.5) is 0 Å². The van der Waals surface area contributed by atoms with Crippen LogP contribution < -0.4 is 4.74 Å². The molecule has 0 saturated heterocycles. The third-order valence-corrected chi connectivity index (χ3v) is 6.17. The number of nitriles is 1. The zero-order valence-electron chi connectivity index (χ0n) is 18.8. The molecule has 0 atom stereocenters. The molecule has 0 aliphatic rings. The number of nitrogens with zero attached hydrogens (tertiary/aromatic N) is 4. The van der Waals surface area contributed by atoms with Crippen LogP contribution in [0.3, 0.4) is 0 Å². The number of benzene rings is 3. The van der Waals surface area contributed by atoms with Gasteiger partial charge in [0.1, 0.15) is 10.8 Å². The Hall–Kier alpha value is -4.09. The average Bonchev–Trinajstić information content (AvgIpc) is 3.27. The van der Waals surface area contributed by atoms with E-state index in [2.05, 4.69) is 16.4 Å². The van der Waals surface area contributed by atoms with Gasteiger partial charge in [0.2, 0.25) is 5.69 Å². The van der Waals surface area contributed by atoms with Crippen molar-refractivity contribution in [2.24, 2.45) is 0 Å². The van der Waals surface area contributed by atoms with Gasteiger partial charge in [-0.2, -0.15) is 5.26 Å². The summed E-state index contributed by atoms with van der Waals surface area (Å²) in [6.45, 7) is 2.46. The summed E-state index contributed by atoms with van der Waals surface area (Å²) in [5.74, 6) is 0.270. The normalized spacial score (nSPS) is 10.5. The molecule has 1 heterocycles.